The van der Waals surface area contributed by atoms with Gasteiger partial charge in [0.1, 0.15) is 0 Å². The van der Waals surface area contributed by atoms with Crippen LogP contribution in [-0.2, 0) is 6.42 Å². The van der Waals surface area contributed by atoms with Crippen LogP contribution in [0.25, 0.3) is 32.3 Å². The number of hydrogen-bond acceptors (Lipinski definition) is 0. The van der Waals surface area contributed by atoms with Gasteiger partial charge in [-0.3, -0.25) is 0 Å². The maximum Gasteiger partial charge on any atom is 0.153 e. The summed E-state index contributed by atoms with van der Waals surface area (Å²) in [5, 5.41) is 8.19. The van der Waals surface area contributed by atoms with Gasteiger partial charge in [0.05, 0.1) is 0 Å². The van der Waals surface area contributed by atoms with Crippen molar-refractivity contribution in [1.82, 2.24) is 0 Å². The zero-order valence-corrected chi connectivity index (χ0v) is 11.8. The highest BCUT2D eigenvalue weighted by atomic mass is 14.1. The van der Waals surface area contributed by atoms with Crippen LogP contribution in [-0.4, -0.2) is 7.28 Å². The molecule has 21 heavy (non-hydrogen) atoms. The molecule has 5 rings (SSSR count). The van der Waals surface area contributed by atoms with Crippen LogP contribution in [0.1, 0.15) is 5.56 Å². The van der Waals surface area contributed by atoms with Crippen LogP contribution in [0, 0.1) is 0 Å². The maximum atomic E-state index is 2.39. The molecule has 0 N–H and O–H groups in total. The van der Waals surface area contributed by atoms with Crippen molar-refractivity contribution in [3.8, 4) is 0 Å². The number of aryl methyl sites for hydroxylation is 1. The summed E-state index contributed by atoms with van der Waals surface area (Å²) >= 11 is 0. The average Bonchev–Trinajstić information content (AvgIpc) is 3.03. The van der Waals surface area contributed by atoms with Gasteiger partial charge in [-0.15, -0.1) is 0 Å². The highest BCUT2D eigenvalue weighted by Gasteiger charge is 2.15. The van der Waals surface area contributed by atoms with Gasteiger partial charge in [0, 0.05) is 0 Å². The smallest absolute Gasteiger partial charge is 0.0770 e. The largest absolute Gasteiger partial charge is 0.153 e. The lowest BCUT2D eigenvalue weighted by atomic mass is 9.70. The molecule has 1 aliphatic heterocycles. The van der Waals surface area contributed by atoms with Crippen LogP contribution < -0.4 is 5.46 Å². The number of rotatable bonds is 0. The SMILES string of the molecule is [B]1CCc2ccc3c(ccc4c5ccccc5ccc34)c21. The molecule has 0 amide bonds. The molecule has 4 aromatic carbocycles. The molecular weight excluding hydrogens is 251 g/mol. The second kappa shape index (κ2) is 4.11. The molecule has 1 aliphatic rings. The summed E-state index contributed by atoms with van der Waals surface area (Å²) in [5.74, 6) is 0. The summed E-state index contributed by atoms with van der Waals surface area (Å²) in [4.78, 5) is 0. The first-order valence-electron chi connectivity index (χ1n) is 7.61. The molecule has 0 nitrogen and oxygen atoms in total. The summed E-state index contributed by atoms with van der Waals surface area (Å²) in [5.41, 5.74) is 2.96. The lowest BCUT2D eigenvalue weighted by Crippen LogP contribution is -2.11. The van der Waals surface area contributed by atoms with E-state index in [2.05, 4.69) is 67.9 Å². The van der Waals surface area contributed by atoms with E-state index in [4.69, 9.17) is 0 Å². The molecule has 1 heterocycles. The van der Waals surface area contributed by atoms with E-state index in [9.17, 15) is 0 Å². The molecule has 1 radical (unpaired) electrons. The maximum absolute atomic E-state index is 2.39. The summed E-state index contributed by atoms with van der Waals surface area (Å²) in [6.45, 7) is 0. The molecule has 0 aliphatic carbocycles. The van der Waals surface area contributed by atoms with Crippen molar-refractivity contribution in [2.75, 3.05) is 0 Å². The van der Waals surface area contributed by atoms with Crippen molar-refractivity contribution in [2.24, 2.45) is 0 Å². The van der Waals surface area contributed by atoms with E-state index in [-0.39, 0.29) is 0 Å². The van der Waals surface area contributed by atoms with Gasteiger partial charge >= 0.3 is 0 Å². The fourth-order valence-corrected chi connectivity index (χ4v) is 3.80. The topological polar surface area (TPSA) is 0 Å². The molecule has 0 fully saturated rings. The Hall–Kier alpha value is -2.28. The van der Waals surface area contributed by atoms with E-state index in [1.54, 1.807) is 0 Å². The molecule has 0 spiro atoms. The Morgan fingerprint density at radius 1 is 0.619 bits per heavy atom. The summed E-state index contributed by atoms with van der Waals surface area (Å²) in [6, 6.07) is 22.4. The first-order valence-corrected chi connectivity index (χ1v) is 7.61. The molecular formula is C20H14B. The summed E-state index contributed by atoms with van der Waals surface area (Å²) in [7, 11) is 2.39. The van der Waals surface area contributed by atoms with Gasteiger partial charge in [-0.25, -0.2) is 0 Å². The molecule has 0 unspecified atom stereocenters. The number of benzene rings is 4. The zero-order chi connectivity index (χ0) is 13.8. The van der Waals surface area contributed by atoms with E-state index in [0.717, 1.165) is 0 Å². The standard InChI is InChI=1S/C20H14B/c1-2-4-15-13(3-1)5-7-17-16(15)9-10-19-18(17)8-6-14-11-12-21-20(14)19/h1-10H,11-12H2. The van der Waals surface area contributed by atoms with Gasteiger partial charge in [0.15, 0.2) is 7.28 Å². The molecule has 1 heteroatoms. The quantitative estimate of drug-likeness (QED) is 0.325. The summed E-state index contributed by atoms with van der Waals surface area (Å²) < 4.78 is 0. The second-order valence-corrected chi connectivity index (χ2v) is 5.92. The Balaban J connectivity index is 1.99. The third-order valence-electron chi connectivity index (χ3n) is 4.82. The van der Waals surface area contributed by atoms with Crippen molar-refractivity contribution in [1.29, 1.82) is 0 Å². The molecule has 0 saturated carbocycles. The Morgan fingerprint density at radius 3 is 2.33 bits per heavy atom. The zero-order valence-electron chi connectivity index (χ0n) is 11.8. The van der Waals surface area contributed by atoms with Gasteiger partial charge in [-0.05, 0) is 38.7 Å². The van der Waals surface area contributed by atoms with Crippen molar-refractivity contribution in [3.05, 3.63) is 66.2 Å². The molecule has 0 atom stereocenters. The van der Waals surface area contributed by atoms with Crippen molar-refractivity contribution < 1.29 is 0 Å². The minimum absolute atomic E-state index is 1.18. The highest BCUT2D eigenvalue weighted by molar-refractivity contribution is 6.59. The van der Waals surface area contributed by atoms with Crippen molar-refractivity contribution in [3.63, 3.8) is 0 Å². The van der Waals surface area contributed by atoms with Crippen LogP contribution in [0.3, 0.4) is 0 Å². The minimum Gasteiger partial charge on any atom is -0.0770 e. The second-order valence-electron chi connectivity index (χ2n) is 5.92. The third kappa shape index (κ3) is 1.52. The Morgan fingerprint density at radius 2 is 1.33 bits per heavy atom. The van der Waals surface area contributed by atoms with Crippen LogP contribution in [0.5, 0.6) is 0 Å². The van der Waals surface area contributed by atoms with Crippen molar-refractivity contribution >= 4 is 45.1 Å². The van der Waals surface area contributed by atoms with E-state index in [0.29, 0.717) is 0 Å². The van der Waals surface area contributed by atoms with E-state index < -0.39 is 0 Å². The van der Waals surface area contributed by atoms with Gasteiger partial charge in [-0.2, -0.15) is 0 Å². The van der Waals surface area contributed by atoms with Gasteiger partial charge in [-0.1, -0.05) is 78.0 Å². The summed E-state index contributed by atoms with van der Waals surface area (Å²) in [6.07, 6.45) is 2.38. The molecule has 0 aromatic heterocycles. The van der Waals surface area contributed by atoms with E-state index in [1.165, 1.54) is 56.1 Å². The average molecular weight is 265 g/mol. The van der Waals surface area contributed by atoms with Crippen LogP contribution in [0.4, 0.5) is 0 Å². The van der Waals surface area contributed by atoms with E-state index >= 15 is 0 Å². The molecule has 0 bridgehead atoms. The normalized spacial score (nSPS) is 13.7. The molecule has 4 aromatic rings. The Kier molecular flexibility index (Phi) is 2.23. The van der Waals surface area contributed by atoms with Gasteiger partial charge < -0.3 is 0 Å². The number of hydrogen-bond donors (Lipinski definition) is 0. The first kappa shape index (κ1) is 11.4. The van der Waals surface area contributed by atoms with Gasteiger partial charge in [0.2, 0.25) is 0 Å². The highest BCUT2D eigenvalue weighted by Crippen LogP contribution is 2.31. The lowest BCUT2D eigenvalue weighted by Gasteiger charge is -2.11. The fraction of sp³-hybridized carbons (Fsp3) is 0.100. The minimum atomic E-state index is 1.18. The fourth-order valence-electron chi connectivity index (χ4n) is 3.80. The van der Waals surface area contributed by atoms with E-state index in [1.807, 2.05) is 0 Å². The van der Waals surface area contributed by atoms with Crippen LogP contribution >= 0.6 is 0 Å². The number of fused-ring (bicyclic) bond motifs is 7. The molecule has 0 saturated heterocycles. The molecule has 97 valence electrons. The Bertz CT molecular complexity index is 1010. The monoisotopic (exact) mass is 265 g/mol. The third-order valence-corrected chi connectivity index (χ3v) is 4.82. The Labute approximate surface area is 124 Å². The predicted octanol–water partition coefficient (Wildman–Crippen LogP) is 4.45. The van der Waals surface area contributed by atoms with Crippen molar-refractivity contribution in [2.45, 2.75) is 12.7 Å². The first-order chi connectivity index (χ1) is 10.4. The van der Waals surface area contributed by atoms with Gasteiger partial charge in [0.25, 0.3) is 0 Å². The van der Waals surface area contributed by atoms with Crippen LogP contribution in [0.2, 0.25) is 6.32 Å². The lowest BCUT2D eigenvalue weighted by molar-refractivity contribution is 1.18. The van der Waals surface area contributed by atoms with Crippen LogP contribution in [0.15, 0.2) is 60.7 Å². The predicted molar refractivity (Wildman–Crippen MR) is 92.9 cm³/mol.